The van der Waals surface area contributed by atoms with E-state index in [1.807, 2.05) is 0 Å². The highest BCUT2D eigenvalue weighted by molar-refractivity contribution is 6.21. The molecule has 2 fully saturated rings. The lowest BCUT2D eigenvalue weighted by atomic mass is 9.73. The summed E-state index contributed by atoms with van der Waals surface area (Å²) in [5.74, 6) is 0.898. The quantitative estimate of drug-likeness (QED) is 0.491. The number of halogens is 1. The Balaban J connectivity index is 2.27. The van der Waals surface area contributed by atoms with Gasteiger partial charge in [-0.2, -0.15) is 0 Å². The van der Waals surface area contributed by atoms with Crippen molar-refractivity contribution in [1.29, 1.82) is 0 Å². The molecule has 0 aliphatic heterocycles. The van der Waals surface area contributed by atoms with Crippen molar-refractivity contribution in [2.45, 2.75) is 45.4 Å². The average molecular weight is 173 g/mol. The second kappa shape index (κ2) is 1.96. The number of rotatable bonds is 0. The Morgan fingerprint density at radius 3 is 2.18 bits per heavy atom. The van der Waals surface area contributed by atoms with Crippen LogP contribution < -0.4 is 0 Å². The fraction of sp³-hybridized carbons (Fsp3) is 1.00. The molecule has 11 heavy (non-hydrogen) atoms. The van der Waals surface area contributed by atoms with Crippen LogP contribution in [-0.2, 0) is 0 Å². The van der Waals surface area contributed by atoms with Crippen LogP contribution in [-0.4, -0.2) is 5.38 Å². The third-order valence-corrected chi connectivity index (χ3v) is 4.63. The van der Waals surface area contributed by atoms with E-state index in [9.17, 15) is 0 Å². The summed E-state index contributed by atoms with van der Waals surface area (Å²) in [4.78, 5) is 0. The second-order valence-electron chi connectivity index (χ2n) is 5.42. The van der Waals surface area contributed by atoms with Crippen molar-refractivity contribution < 1.29 is 0 Å². The van der Waals surface area contributed by atoms with Crippen molar-refractivity contribution in [3.8, 4) is 0 Å². The molecule has 3 atom stereocenters. The molecule has 0 heterocycles. The Labute approximate surface area is 74.3 Å². The van der Waals surface area contributed by atoms with Gasteiger partial charge < -0.3 is 0 Å². The molecule has 0 saturated heterocycles. The molecule has 2 aliphatic carbocycles. The molecular weight excluding hydrogens is 156 g/mol. The van der Waals surface area contributed by atoms with Gasteiger partial charge in [-0.1, -0.05) is 20.8 Å². The number of hydrogen-bond acceptors (Lipinski definition) is 0. The average Bonchev–Trinajstić information content (AvgIpc) is 2.16. The van der Waals surface area contributed by atoms with Gasteiger partial charge in [0.05, 0.1) is 0 Å². The molecule has 0 radical (unpaired) electrons. The molecule has 0 N–H and O–H groups in total. The van der Waals surface area contributed by atoms with E-state index in [0.717, 1.165) is 5.92 Å². The Morgan fingerprint density at radius 1 is 1.27 bits per heavy atom. The van der Waals surface area contributed by atoms with Crippen LogP contribution in [0, 0.1) is 16.7 Å². The standard InChI is InChI=1S/C10H17Cl/c1-9(2)6-10(3)5-7(9)4-8(10)11/h7-8H,4-6H2,1-3H3. The first-order chi connectivity index (χ1) is 4.94. The number of alkyl halides is 1. The van der Waals surface area contributed by atoms with Crippen LogP contribution in [0.25, 0.3) is 0 Å². The highest BCUT2D eigenvalue weighted by atomic mass is 35.5. The van der Waals surface area contributed by atoms with Crippen LogP contribution in [0.1, 0.15) is 40.0 Å². The summed E-state index contributed by atoms with van der Waals surface area (Å²) >= 11 is 6.28. The zero-order chi connectivity index (χ0) is 8.28. The van der Waals surface area contributed by atoms with Crippen LogP contribution in [0.5, 0.6) is 0 Å². The summed E-state index contributed by atoms with van der Waals surface area (Å²) in [6, 6.07) is 0. The molecule has 0 aromatic rings. The summed E-state index contributed by atoms with van der Waals surface area (Å²) in [7, 11) is 0. The molecule has 0 aromatic carbocycles. The van der Waals surface area contributed by atoms with Gasteiger partial charge in [-0.15, -0.1) is 11.6 Å². The van der Waals surface area contributed by atoms with Gasteiger partial charge in [0.1, 0.15) is 0 Å². The molecule has 0 nitrogen and oxygen atoms in total. The van der Waals surface area contributed by atoms with Crippen molar-refractivity contribution >= 4 is 11.6 Å². The minimum atomic E-state index is 0.459. The van der Waals surface area contributed by atoms with E-state index < -0.39 is 0 Å². The maximum absolute atomic E-state index is 6.28. The molecule has 0 aromatic heterocycles. The maximum atomic E-state index is 6.28. The van der Waals surface area contributed by atoms with Gasteiger partial charge in [-0.05, 0) is 36.0 Å². The van der Waals surface area contributed by atoms with E-state index in [1.54, 1.807) is 0 Å². The first-order valence-corrected chi connectivity index (χ1v) is 5.02. The molecular formula is C10H17Cl. The Bertz CT molecular complexity index is 185. The maximum Gasteiger partial charge on any atom is 0.0392 e. The molecule has 1 heteroatoms. The summed E-state index contributed by atoms with van der Waals surface area (Å²) in [6.45, 7) is 7.15. The summed E-state index contributed by atoms with van der Waals surface area (Å²) in [5, 5.41) is 0.459. The SMILES string of the molecule is CC1(C)CC2(C)CC1CC2Cl. The zero-order valence-corrected chi connectivity index (χ0v) is 8.41. The van der Waals surface area contributed by atoms with E-state index in [2.05, 4.69) is 20.8 Å². The monoisotopic (exact) mass is 172 g/mol. The second-order valence-corrected chi connectivity index (χ2v) is 5.95. The van der Waals surface area contributed by atoms with Gasteiger partial charge in [-0.3, -0.25) is 0 Å². The van der Waals surface area contributed by atoms with Crippen LogP contribution in [0.4, 0.5) is 0 Å². The fourth-order valence-electron chi connectivity index (χ4n) is 3.27. The normalized spacial score (nSPS) is 53.5. The first kappa shape index (κ1) is 7.91. The Kier molecular flexibility index (Phi) is 1.41. The molecule has 2 saturated carbocycles. The number of hydrogen-bond donors (Lipinski definition) is 0. The fourth-order valence-corrected chi connectivity index (χ4v) is 3.65. The molecule has 0 amide bonds. The number of fused-ring (bicyclic) bond motifs is 2. The minimum Gasteiger partial charge on any atom is -0.122 e. The van der Waals surface area contributed by atoms with Gasteiger partial charge >= 0.3 is 0 Å². The third-order valence-electron chi connectivity index (χ3n) is 3.93. The minimum absolute atomic E-state index is 0.459. The van der Waals surface area contributed by atoms with Gasteiger partial charge in [0.15, 0.2) is 0 Å². The van der Waals surface area contributed by atoms with E-state index >= 15 is 0 Å². The van der Waals surface area contributed by atoms with Crippen molar-refractivity contribution in [2.24, 2.45) is 16.7 Å². The third kappa shape index (κ3) is 0.950. The van der Waals surface area contributed by atoms with Gasteiger partial charge in [0.2, 0.25) is 0 Å². The van der Waals surface area contributed by atoms with Crippen molar-refractivity contribution in [3.63, 3.8) is 0 Å². The molecule has 3 unspecified atom stereocenters. The highest BCUT2D eigenvalue weighted by Crippen LogP contribution is 2.63. The van der Waals surface area contributed by atoms with Crippen LogP contribution in [0.3, 0.4) is 0 Å². The van der Waals surface area contributed by atoms with Crippen molar-refractivity contribution in [1.82, 2.24) is 0 Å². The largest absolute Gasteiger partial charge is 0.122 e. The summed E-state index contributed by atoms with van der Waals surface area (Å²) in [6.07, 6.45) is 3.96. The molecule has 64 valence electrons. The summed E-state index contributed by atoms with van der Waals surface area (Å²) in [5.41, 5.74) is 1.04. The van der Waals surface area contributed by atoms with Crippen molar-refractivity contribution in [3.05, 3.63) is 0 Å². The molecule has 2 aliphatic rings. The van der Waals surface area contributed by atoms with Crippen LogP contribution in [0.2, 0.25) is 0 Å². The Hall–Kier alpha value is 0.290. The molecule has 2 bridgehead atoms. The first-order valence-electron chi connectivity index (χ1n) is 4.58. The van der Waals surface area contributed by atoms with Gasteiger partial charge in [0, 0.05) is 5.38 Å². The van der Waals surface area contributed by atoms with Crippen LogP contribution in [0.15, 0.2) is 0 Å². The topological polar surface area (TPSA) is 0 Å². The Morgan fingerprint density at radius 2 is 1.91 bits per heavy atom. The smallest absolute Gasteiger partial charge is 0.0392 e. The van der Waals surface area contributed by atoms with Crippen LogP contribution >= 0.6 is 11.6 Å². The predicted molar refractivity (Wildman–Crippen MR) is 48.9 cm³/mol. The summed E-state index contributed by atoms with van der Waals surface area (Å²) < 4.78 is 0. The van der Waals surface area contributed by atoms with E-state index in [-0.39, 0.29) is 0 Å². The lowest BCUT2D eigenvalue weighted by molar-refractivity contribution is 0.186. The van der Waals surface area contributed by atoms with E-state index in [1.165, 1.54) is 19.3 Å². The zero-order valence-electron chi connectivity index (χ0n) is 7.65. The molecule has 0 spiro atoms. The van der Waals surface area contributed by atoms with Gasteiger partial charge in [-0.25, -0.2) is 0 Å². The predicted octanol–water partition coefficient (Wildman–Crippen LogP) is 3.44. The van der Waals surface area contributed by atoms with E-state index in [0.29, 0.717) is 16.2 Å². The lowest BCUT2D eigenvalue weighted by Crippen LogP contribution is -2.30. The van der Waals surface area contributed by atoms with Gasteiger partial charge in [0.25, 0.3) is 0 Å². The molecule has 2 rings (SSSR count). The van der Waals surface area contributed by atoms with E-state index in [4.69, 9.17) is 11.6 Å². The highest BCUT2D eigenvalue weighted by Gasteiger charge is 2.56. The van der Waals surface area contributed by atoms with Crippen molar-refractivity contribution in [2.75, 3.05) is 0 Å². The lowest BCUT2D eigenvalue weighted by Gasteiger charge is -2.36.